The maximum atomic E-state index is 13.2. The predicted molar refractivity (Wildman–Crippen MR) is 125 cm³/mol. The van der Waals surface area contributed by atoms with Gasteiger partial charge in [0, 0.05) is 12.1 Å². The topological polar surface area (TPSA) is 63.3 Å². The molecule has 0 aliphatic heterocycles. The van der Waals surface area contributed by atoms with Crippen molar-refractivity contribution >= 4 is 17.5 Å². The van der Waals surface area contributed by atoms with Gasteiger partial charge in [-0.1, -0.05) is 37.6 Å². The van der Waals surface area contributed by atoms with Crippen LogP contribution in [0.3, 0.4) is 0 Å². The summed E-state index contributed by atoms with van der Waals surface area (Å²) in [6.07, 6.45) is 1.94. The zero-order chi connectivity index (χ0) is 22.4. The fourth-order valence-corrected chi connectivity index (χ4v) is 3.79. The Balaban J connectivity index is 1.81. The van der Waals surface area contributed by atoms with Crippen LogP contribution in [0.1, 0.15) is 49.9 Å². The van der Waals surface area contributed by atoms with Gasteiger partial charge in [0.1, 0.15) is 17.1 Å². The van der Waals surface area contributed by atoms with Gasteiger partial charge in [-0.3, -0.25) is 4.79 Å². The lowest BCUT2D eigenvalue weighted by Crippen LogP contribution is -2.34. The first-order valence-electron chi connectivity index (χ1n) is 10.9. The lowest BCUT2D eigenvalue weighted by Gasteiger charge is -2.20. The average molecular weight is 443 g/mol. The molecule has 166 valence electrons. The van der Waals surface area contributed by atoms with Crippen molar-refractivity contribution in [3.63, 3.8) is 0 Å². The number of hydrogen-bond donors (Lipinski definition) is 1. The molecule has 1 aromatic carbocycles. The Bertz CT molecular complexity index is 1010. The molecule has 0 spiro atoms. The molecule has 0 aliphatic rings. The van der Waals surface area contributed by atoms with Crippen molar-refractivity contribution in [1.29, 1.82) is 0 Å². The average Bonchev–Trinajstić information content (AvgIpc) is 3.38. The third-order valence-electron chi connectivity index (χ3n) is 5.40. The van der Waals surface area contributed by atoms with Gasteiger partial charge in [0.25, 0.3) is 5.91 Å². The summed E-state index contributed by atoms with van der Waals surface area (Å²) in [6, 6.07) is 12.9. The van der Waals surface area contributed by atoms with Crippen LogP contribution in [0, 0.1) is 6.92 Å². The SMILES string of the molecule is CCN(CC)CCCC(C)NC(=O)c1cc(-c2ccc(C)o2)nn1-c1ccccc1Cl. The molecule has 0 fully saturated rings. The van der Waals surface area contributed by atoms with Crippen molar-refractivity contribution in [2.24, 2.45) is 0 Å². The summed E-state index contributed by atoms with van der Waals surface area (Å²) >= 11 is 6.41. The van der Waals surface area contributed by atoms with Gasteiger partial charge in [0.05, 0.1) is 10.7 Å². The summed E-state index contributed by atoms with van der Waals surface area (Å²) in [7, 11) is 0. The first-order chi connectivity index (χ1) is 14.9. The highest BCUT2D eigenvalue weighted by atomic mass is 35.5. The Kier molecular flexibility index (Phi) is 7.93. The van der Waals surface area contributed by atoms with Crippen LogP contribution in [-0.2, 0) is 0 Å². The molecule has 2 aromatic heterocycles. The molecule has 1 amide bonds. The highest BCUT2D eigenvalue weighted by Crippen LogP contribution is 2.26. The minimum Gasteiger partial charge on any atom is -0.460 e. The van der Waals surface area contributed by atoms with E-state index in [4.69, 9.17) is 16.0 Å². The number of furan rings is 1. The maximum absolute atomic E-state index is 13.2. The number of nitrogens with zero attached hydrogens (tertiary/aromatic N) is 3. The van der Waals surface area contributed by atoms with Crippen LogP contribution in [0.4, 0.5) is 0 Å². The molecule has 3 aromatic rings. The van der Waals surface area contributed by atoms with Crippen LogP contribution in [0.25, 0.3) is 17.1 Å². The Morgan fingerprint density at radius 3 is 2.61 bits per heavy atom. The van der Waals surface area contributed by atoms with E-state index in [-0.39, 0.29) is 11.9 Å². The monoisotopic (exact) mass is 442 g/mol. The fourth-order valence-electron chi connectivity index (χ4n) is 3.57. The van der Waals surface area contributed by atoms with Crippen molar-refractivity contribution in [2.75, 3.05) is 19.6 Å². The molecule has 1 N–H and O–H groups in total. The minimum atomic E-state index is -0.183. The van der Waals surface area contributed by atoms with Crippen LogP contribution in [0.5, 0.6) is 0 Å². The lowest BCUT2D eigenvalue weighted by molar-refractivity contribution is 0.0929. The zero-order valence-corrected chi connectivity index (χ0v) is 19.4. The summed E-state index contributed by atoms with van der Waals surface area (Å²) < 4.78 is 7.31. The van der Waals surface area contributed by atoms with E-state index in [0.717, 1.165) is 38.2 Å². The normalized spacial score (nSPS) is 12.3. The number of rotatable bonds is 10. The van der Waals surface area contributed by atoms with E-state index < -0.39 is 0 Å². The molecule has 3 rings (SSSR count). The smallest absolute Gasteiger partial charge is 0.270 e. The van der Waals surface area contributed by atoms with E-state index in [0.29, 0.717) is 27.9 Å². The minimum absolute atomic E-state index is 0.0481. The molecule has 0 bridgehead atoms. The summed E-state index contributed by atoms with van der Waals surface area (Å²) in [4.78, 5) is 15.6. The van der Waals surface area contributed by atoms with Crippen LogP contribution in [0.15, 0.2) is 46.9 Å². The molecule has 0 saturated carbocycles. The van der Waals surface area contributed by atoms with Gasteiger partial charge >= 0.3 is 0 Å². The number of nitrogens with one attached hydrogen (secondary N) is 1. The number of aryl methyl sites for hydroxylation is 1. The maximum Gasteiger partial charge on any atom is 0.270 e. The summed E-state index contributed by atoms with van der Waals surface area (Å²) in [6.45, 7) is 11.4. The number of aromatic nitrogens is 2. The van der Waals surface area contributed by atoms with Crippen molar-refractivity contribution in [1.82, 2.24) is 20.0 Å². The molecule has 6 nitrogen and oxygen atoms in total. The molecule has 1 unspecified atom stereocenters. The van der Waals surface area contributed by atoms with Gasteiger partial charge in [0.2, 0.25) is 0 Å². The van der Waals surface area contributed by atoms with Crippen molar-refractivity contribution in [3.8, 4) is 17.1 Å². The summed E-state index contributed by atoms with van der Waals surface area (Å²) in [5.74, 6) is 1.22. The number of carbonyl (C=O) groups is 1. The molecule has 31 heavy (non-hydrogen) atoms. The number of benzene rings is 1. The Hall–Kier alpha value is -2.57. The molecule has 2 heterocycles. The van der Waals surface area contributed by atoms with E-state index in [9.17, 15) is 4.79 Å². The quantitative estimate of drug-likeness (QED) is 0.460. The van der Waals surface area contributed by atoms with E-state index in [1.807, 2.05) is 44.2 Å². The largest absolute Gasteiger partial charge is 0.460 e. The molecule has 1 atom stereocenters. The Labute approximate surface area is 189 Å². The number of amides is 1. The number of para-hydroxylation sites is 1. The first kappa shape index (κ1) is 23.1. The summed E-state index contributed by atoms with van der Waals surface area (Å²) in [5, 5.41) is 8.27. The number of halogens is 1. The van der Waals surface area contributed by atoms with Gasteiger partial charge in [0.15, 0.2) is 5.76 Å². The van der Waals surface area contributed by atoms with E-state index >= 15 is 0 Å². The molecule has 7 heteroatoms. The number of carbonyl (C=O) groups excluding carboxylic acids is 1. The second kappa shape index (κ2) is 10.6. The van der Waals surface area contributed by atoms with Crippen LogP contribution in [0.2, 0.25) is 5.02 Å². The second-order valence-electron chi connectivity index (χ2n) is 7.73. The lowest BCUT2D eigenvalue weighted by atomic mass is 10.1. The van der Waals surface area contributed by atoms with Crippen molar-refractivity contribution < 1.29 is 9.21 Å². The van der Waals surface area contributed by atoms with E-state index in [1.54, 1.807) is 16.8 Å². The molecular formula is C24H31ClN4O2. The zero-order valence-electron chi connectivity index (χ0n) is 18.7. The van der Waals surface area contributed by atoms with Crippen molar-refractivity contribution in [3.05, 3.63) is 58.9 Å². The van der Waals surface area contributed by atoms with Gasteiger partial charge in [-0.05, 0) is 70.6 Å². The molecule has 0 radical (unpaired) electrons. The Morgan fingerprint density at radius 1 is 1.23 bits per heavy atom. The fraction of sp³-hybridized carbons (Fsp3) is 0.417. The third-order valence-corrected chi connectivity index (χ3v) is 5.72. The second-order valence-corrected chi connectivity index (χ2v) is 8.14. The van der Waals surface area contributed by atoms with Crippen LogP contribution >= 0.6 is 11.6 Å². The van der Waals surface area contributed by atoms with Crippen LogP contribution < -0.4 is 5.32 Å². The molecule has 0 saturated heterocycles. The van der Waals surface area contributed by atoms with E-state index in [1.165, 1.54) is 0 Å². The van der Waals surface area contributed by atoms with Gasteiger partial charge in [-0.15, -0.1) is 0 Å². The van der Waals surface area contributed by atoms with Crippen molar-refractivity contribution in [2.45, 2.75) is 46.6 Å². The standard InChI is InChI=1S/C24H31ClN4O2/c1-5-28(6-2)15-9-10-17(3)26-24(30)22-16-20(23-14-13-18(4)31-23)27-29(22)21-12-8-7-11-19(21)25/h7-8,11-14,16-17H,5-6,9-10,15H2,1-4H3,(H,26,30). The van der Waals surface area contributed by atoms with Crippen LogP contribution in [-0.4, -0.2) is 46.3 Å². The molecule has 0 aliphatic carbocycles. The number of hydrogen-bond acceptors (Lipinski definition) is 4. The highest BCUT2D eigenvalue weighted by Gasteiger charge is 2.21. The predicted octanol–water partition coefficient (Wildman–Crippen LogP) is 5.33. The first-order valence-corrected chi connectivity index (χ1v) is 11.3. The highest BCUT2D eigenvalue weighted by molar-refractivity contribution is 6.32. The van der Waals surface area contributed by atoms with Gasteiger partial charge in [-0.2, -0.15) is 5.10 Å². The third kappa shape index (κ3) is 5.77. The summed E-state index contributed by atoms with van der Waals surface area (Å²) in [5.41, 5.74) is 1.66. The van der Waals surface area contributed by atoms with Gasteiger partial charge < -0.3 is 14.6 Å². The van der Waals surface area contributed by atoms with E-state index in [2.05, 4.69) is 29.2 Å². The van der Waals surface area contributed by atoms with Gasteiger partial charge in [-0.25, -0.2) is 4.68 Å². The Morgan fingerprint density at radius 2 is 1.97 bits per heavy atom. The molecular weight excluding hydrogens is 412 g/mol.